The van der Waals surface area contributed by atoms with Gasteiger partial charge in [0.1, 0.15) is 11.8 Å². The van der Waals surface area contributed by atoms with Crippen molar-refractivity contribution in [2.45, 2.75) is 18.9 Å². The Bertz CT molecular complexity index is 1040. The van der Waals surface area contributed by atoms with Gasteiger partial charge in [0.05, 0.1) is 5.56 Å². The highest BCUT2D eigenvalue weighted by Gasteiger charge is 2.22. The number of hydrogen-bond donors (Lipinski definition) is 0. The molecule has 0 amide bonds. The average Bonchev–Trinajstić information content (AvgIpc) is 2.75. The number of anilines is 1. The number of rotatable bonds is 3. The van der Waals surface area contributed by atoms with Gasteiger partial charge in [0.25, 0.3) is 0 Å². The zero-order chi connectivity index (χ0) is 20.1. The number of halogens is 1. The van der Waals surface area contributed by atoms with Gasteiger partial charge in [-0.3, -0.25) is 0 Å². The van der Waals surface area contributed by atoms with Crippen molar-refractivity contribution in [3.8, 4) is 17.6 Å². The van der Waals surface area contributed by atoms with Crippen molar-refractivity contribution in [3.63, 3.8) is 0 Å². The van der Waals surface area contributed by atoms with Crippen molar-refractivity contribution in [2.24, 2.45) is 0 Å². The van der Waals surface area contributed by atoms with Crippen molar-refractivity contribution in [2.75, 3.05) is 18.0 Å². The van der Waals surface area contributed by atoms with Gasteiger partial charge in [-0.2, -0.15) is 4.73 Å². The molecule has 1 saturated heterocycles. The minimum atomic E-state index is -0.335. The Kier molecular flexibility index (Phi) is 5.52. The first-order valence-corrected chi connectivity index (χ1v) is 9.38. The fraction of sp³-hybridized carbons (Fsp3) is 0.227. The predicted molar refractivity (Wildman–Crippen MR) is 106 cm³/mol. The lowest BCUT2D eigenvalue weighted by molar-refractivity contribution is -0.605. The highest BCUT2D eigenvalue weighted by atomic mass is 19.1. The van der Waals surface area contributed by atoms with Crippen LogP contribution in [-0.4, -0.2) is 29.4 Å². The molecule has 6 nitrogen and oxygen atoms in total. The first-order valence-electron chi connectivity index (χ1n) is 9.38. The van der Waals surface area contributed by atoms with E-state index in [-0.39, 0.29) is 11.9 Å². The Balaban J connectivity index is 1.34. The standard InChI is InChI=1S/C22H19FN4O2/c23-20-5-1-2-6-21(20)29-19-11-14-26(15-12-19)22-10-9-18(24-25-22)8-7-17-4-3-13-27(28)16-17/h1-6,9-10,13,16,19H,11-12,14-15H2. The van der Waals surface area contributed by atoms with Crippen molar-refractivity contribution < 1.29 is 13.9 Å². The van der Waals surface area contributed by atoms with Crippen molar-refractivity contribution in [1.29, 1.82) is 0 Å². The van der Waals surface area contributed by atoms with Gasteiger partial charge in [-0.15, -0.1) is 10.2 Å². The molecule has 0 saturated carbocycles. The molecule has 1 aliphatic rings. The van der Waals surface area contributed by atoms with E-state index in [9.17, 15) is 9.60 Å². The molecule has 0 spiro atoms. The highest BCUT2D eigenvalue weighted by molar-refractivity contribution is 5.42. The van der Waals surface area contributed by atoms with Crippen LogP contribution in [0.4, 0.5) is 10.2 Å². The van der Waals surface area contributed by atoms with Crippen molar-refractivity contribution in [3.05, 3.63) is 83.2 Å². The number of para-hydroxylation sites is 1. The maximum atomic E-state index is 13.7. The number of hydrogen-bond acceptors (Lipinski definition) is 5. The molecule has 0 bridgehead atoms. The molecule has 3 heterocycles. The summed E-state index contributed by atoms with van der Waals surface area (Å²) in [5.41, 5.74) is 1.15. The number of ether oxygens (including phenoxy) is 1. The number of pyridine rings is 1. The zero-order valence-electron chi connectivity index (χ0n) is 15.7. The second-order valence-electron chi connectivity index (χ2n) is 6.71. The Labute approximate surface area is 168 Å². The summed E-state index contributed by atoms with van der Waals surface area (Å²) in [4.78, 5) is 2.13. The molecule has 1 aliphatic heterocycles. The highest BCUT2D eigenvalue weighted by Crippen LogP contribution is 2.23. The van der Waals surface area contributed by atoms with Crippen LogP contribution in [0, 0.1) is 22.9 Å². The number of benzene rings is 1. The normalized spacial score (nSPS) is 14.2. The molecule has 0 atom stereocenters. The van der Waals surface area contributed by atoms with Gasteiger partial charge >= 0.3 is 0 Å². The van der Waals surface area contributed by atoms with E-state index >= 15 is 0 Å². The van der Waals surface area contributed by atoms with E-state index in [1.165, 1.54) is 18.5 Å². The minimum absolute atomic E-state index is 0.0177. The van der Waals surface area contributed by atoms with Crippen LogP contribution in [0.5, 0.6) is 5.75 Å². The lowest BCUT2D eigenvalue weighted by atomic mass is 10.1. The molecule has 0 unspecified atom stereocenters. The topological polar surface area (TPSA) is 65.2 Å². The third-order valence-electron chi connectivity index (χ3n) is 4.66. The zero-order valence-corrected chi connectivity index (χ0v) is 15.7. The van der Waals surface area contributed by atoms with Crippen LogP contribution >= 0.6 is 0 Å². The van der Waals surface area contributed by atoms with Gasteiger partial charge in [-0.1, -0.05) is 18.1 Å². The Morgan fingerprint density at radius 1 is 1.03 bits per heavy atom. The lowest BCUT2D eigenvalue weighted by Crippen LogP contribution is -2.38. The molecule has 2 aromatic heterocycles. The van der Waals surface area contributed by atoms with Gasteiger partial charge < -0.3 is 14.8 Å². The van der Waals surface area contributed by atoms with Crippen LogP contribution in [0.25, 0.3) is 0 Å². The second kappa shape index (κ2) is 8.57. The third kappa shape index (κ3) is 4.79. The summed E-state index contributed by atoms with van der Waals surface area (Å²) in [6.45, 7) is 1.51. The van der Waals surface area contributed by atoms with Crippen LogP contribution in [0.1, 0.15) is 24.1 Å². The van der Waals surface area contributed by atoms with E-state index in [1.54, 1.807) is 30.3 Å². The molecule has 146 valence electrons. The summed E-state index contributed by atoms with van der Waals surface area (Å²) in [6, 6.07) is 13.6. The van der Waals surface area contributed by atoms with E-state index in [1.807, 2.05) is 12.1 Å². The van der Waals surface area contributed by atoms with E-state index in [2.05, 4.69) is 26.9 Å². The molecule has 3 aromatic rings. The van der Waals surface area contributed by atoms with Gasteiger partial charge in [0, 0.05) is 32.0 Å². The first-order chi connectivity index (χ1) is 14.2. The minimum Gasteiger partial charge on any atom is -0.619 e. The van der Waals surface area contributed by atoms with E-state index in [0.717, 1.165) is 31.7 Å². The molecule has 4 rings (SSSR count). The van der Waals surface area contributed by atoms with E-state index in [4.69, 9.17) is 4.74 Å². The fourth-order valence-corrected chi connectivity index (χ4v) is 3.15. The second-order valence-corrected chi connectivity index (χ2v) is 6.71. The first kappa shape index (κ1) is 18.7. The van der Waals surface area contributed by atoms with Crippen LogP contribution < -0.4 is 14.4 Å². The van der Waals surface area contributed by atoms with Gasteiger partial charge in [0.2, 0.25) is 0 Å². The smallest absolute Gasteiger partial charge is 0.196 e. The number of piperidine rings is 1. The van der Waals surface area contributed by atoms with Crippen molar-refractivity contribution in [1.82, 2.24) is 10.2 Å². The maximum Gasteiger partial charge on any atom is 0.196 e. The molecule has 7 heteroatoms. The Hall–Kier alpha value is -3.66. The van der Waals surface area contributed by atoms with Crippen LogP contribution in [0.2, 0.25) is 0 Å². The summed E-state index contributed by atoms with van der Waals surface area (Å²) in [5, 5.41) is 19.7. The van der Waals surface area contributed by atoms with E-state index in [0.29, 0.717) is 21.7 Å². The van der Waals surface area contributed by atoms with Gasteiger partial charge in [-0.05, 0) is 36.3 Å². The average molecular weight is 390 g/mol. The maximum absolute atomic E-state index is 13.7. The fourth-order valence-electron chi connectivity index (χ4n) is 3.15. The van der Waals surface area contributed by atoms with Gasteiger partial charge in [0.15, 0.2) is 29.8 Å². The Morgan fingerprint density at radius 2 is 1.86 bits per heavy atom. The molecule has 29 heavy (non-hydrogen) atoms. The predicted octanol–water partition coefficient (Wildman–Crippen LogP) is 2.70. The van der Waals surface area contributed by atoms with Gasteiger partial charge in [-0.25, -0.2) is 4.39 Å². The SMILES string of the molecule is [O-][n+]1cccc(C#Cc2ccc(N3CCC(Oc4ccccc4F)CC3)nn2)c1. The summed E-state index contributed by atoms with van der Waals surface area (Å²) in [7, 11) is 0. The molecule has 0 N–H and O–H groups in total. The van der Waals surface area contributed by atoms with Crippen LogP contribution in [0.3, 0.4) is 0 Å². The largest absolute Gasteiger partial charge is 0.619 e. The summed E-state index contributed by atoms with van der Waals surface area (Å²) < 4.78 is 20.2. The molecule has 0 aliphatic carbocycles. The van der Waals surface area contributed by atoms with Crippen molar-refractivity contribution >= 4 is 5.82 Å². The molecule has 0 radical (unpaired) electrons. The Morgan fingerprint density at radius 3 is 2.59 bits per heavy atom. The number of aromatic nitrogens is 3. The quantitative estimate of drug-likeness (QED) is 0.391. The number of nitrogens with zero attached hydrogens (tertiary/aromatic N) is 4. The summed E-state index contributed by atoms with van der Waals surface area (Å²) >= 11 is 0. The third-order valence-corrected chi connectivity index (χ3v) is 4.66. The van der Waals surface area contributed by atoms with Crippen LogP contribution in [0.15, 0.2) is 60.9 Å². The molecule has 1 aromatic carbocycles. The monoisotopic (exact) mass is 390 g/mol. The van der Waals surface area contributed by atoms with Crippen LogP contribution in [-0.2, 0) is 0 Å². The molecule has 1 fully saturated rings. The lowest BCUT2D eigenvalue weighted by Gasteiger charge is -2.32. The summed E-state index contributed by atoms with van der Waals surface area (Å²) in [5.74, 6) is 6.55. The van der Waals surface area contributed by atoms with E-state index < -0.39 is 0 Å². The summed E-state index contributed by atoms with van der Waals surface area (Å²) in [6.07, 6.45) is 4.35. The molecular formula is C22H19FN4O2. The molecular weight excluding hydrogens is 371 g/mol.